The quantitative estimate of drug-likeness (QED) is 0.858. The summed E-state index contributed by atoms with van der Waals surface area (Å²) in [5, 5.41) is 14.2. The van der Waals surface area contributed by atoms with Crippen LogP contribution >= 0.6 is 24.0 Å². The molecule has 0 spiro atoms. The second-order valence-corrected chi connectivity index (χ2v) is 4.87. The molecule has 1 atom stereocenters. The molecule has 21 heavy (non-hydrogen) atoms. The van der Waals surface area contributed by atoms with E-state index in [1.54, 1.807) is 18.2 Å². The summed E-state index contributed by atoms with van der Waals surface area (Å²) in [6.07, 6.45) is 2.12. The largest absolute Gasteiger partial charge is 0.352 e. The van der Waals surface area contributed by atoms with E-state index < -0.39 is 0 Å². The van der Waals surface area contributed by atoms with Gasteiger partial charge in [0.25, 0.3) is 5.91 Å². The highest BCUT2D eigenvalue weighted by atomic mass is 35.5. The summed E-state index contributed by atoms with van der Waals surface area (Å²) in [5.74, 6) is -0.237. The molecule has 1 aromatic heterocycles. The first-order valence-corrected chi connectivity index (χ1v) is 6.52. The molecule has 0 radical (unpaired) electrons. The highest BCUT2D eigenvalue weighted by molar-refractivity contribution is 6.31. The second-order valence-electron chi connectivity index (χ2n) is 4.44. The number of amides is 1. The molecule has 7 nitrogen and oxygen atoms in total. The smallest absolute Gasteiger partial charge is 0.253 e. The summed E-state index contributed by atoms with van der Waals surface area (Å²) < 4.78 is 1.41. The molecule has 1 amide bonds. The van der Waals surface area contributed by atoms with Gasteiger partial charge >= 0.3 is 0 Å². The average molecular weight is 331 g/mol. The average Bonchev–Trinajstić information content (AvgIpc) is 2.91. The Morgan fingerprint density at radius 3 is 2.90 bits per heavy atom. The summed E-state index contributed by atoms with van der Waals surface area (Å²) in [6.45, 7) is 2.39. The minimum absolute atomic E-state index is 0. The maximum atomic E-state index is 12.2. The van der Waals surface area contributed by atoms with Crippen LogP contribution in [0.1, 0.15) is 23.7 Å². The van der Waals surface area contributed by atoms with E-state index in [0.29, 0.717) is 29.2 Å². The van der Waals surface area contributed by atoms with Gasteiger partial charge in [0, 0.05) is 17.6 Å². The fourth-order valence-electron chi connectivity index (χ4n) is 1.67. The number of nitrogens with zero attached hydrogens (tertiary/aromatic N) is 4. The van der Waals surface area contributed by atoms with Crippen LogP contribution in [0.25, 0.3) is 5.69 Å². The monoisotopic (exact) mass is 330 g/mol. The van der Waals surface area contributed by atoms with Crippen LogP contribution in [0.2, 0.25) is 5.02 Å². The summed E-state index contributed by atoms with van der Waals surface area (Å²) in [7, 11) is 0. The number of tetrazole rings is 1. The minimum Gasteiger partial charge on any atom is -0.352 e. The highest BCUT2D eigenvalue weighted by Crippen LogP contribution is 2.18. The Balaban J connectivity index is 0.00000220. The number of aromatic nitrogens is 4. The van der Waals surface area contributed by atoms with Crippen molar-refractivity contribution in [2.45, 2.75) is 19.4 Å². The highest BCUT2D eigenvalue weighted by Gasteiger charge is 2.14. The lowest BCUT2D eigenvalue weighted by molar-refractivity contribution is 0.0952. The molecule has 1 heterocycles. The van der Waals surface area contributed by atoms with Crippen LogP contribution in [0.5, 0.6) is 0 Å². The summed E-state index contributed by atoms with van der Waals surface area (Å²) in [6, 6.07) is 4.99. The Kier molecular flexibility index (Phi) is 6.54. The number of carbonyl (C=O) groups excluding carboxylic acids is 1. The number of hydrogen-bond donors (Lipinski definition) is 2. The molecular weight excluding hydrogens is 315 g/mol. The van der Waals surface area contributed by atoms with E-state index >= 15 is 0 Å². The molecule has 114 valence electrons. The Labute approximate surface area is 133 Å². The first kappa shape index (κ1) is 17.4. The number of carbonyl (C=O) groups is 1. The molecule has 0 saturated heterocycles. The zero-order valence-electron chi connectivity index (χ0n) is 11.4. The standard InChI is InChI=1S/C12H15ClN6O.ClH/c1-8(14)4-5-15-12(20)10-6-9(13)2-3-11(10)19-7-16-17-18-19;/h2-3,6-8H,4-5,14H2,1H3,(H,15,20);1H. The van der Waals surface area contributed by atoms with Gasteiger partial charge in [-0.05, 0) is 42.0 Å². The lowest BCUT2D eigenvalue weighted by atomic mass is 10.1. The molecule has 1 unspecified atom stereocenters. The third-order valence-electron chi connectivity index (χ3n) is 2.68. The van der Waals surface area contributed by atoms with Gasteiger partial charge in [0.1, 0.15) is 6.33 Å². The van der Waals surface area contributed by atoms with Crippen LogP contribution in [-0.2, 0) is 0 Å². The first-order valence-electron chi connectivity index (χ1n) is 6.14. The molecule has 0 aliphatic heterocycles. The van der Waals surface area contributed by atoms with Gasteiger partial charge in [0.15, 0.2) is 0 Å². The van der Waals surface area contributed by atoms with Crippen molar-refractivity contribution in [2.75, 3.05) is 6.54 Å². The predicted octanol–water partition coefficient (Wildman–Crippen LogP) is 1.20. The van der Waals surface area contributed by atoms with E-state index in [0.717, 1.165) is 0 Å². The predicted molar refractivity (Wildman–Crippen MR) is 82.0 cm³/mol. The molecule has 0 bridgehead atoms. The number of rotatable bonds is 5. The van der Waals surface area contributed by atoms with Crippen LogP contribution in [0.15, 0.2) is 24.5 Å². The lowest BCUT2D eigenvalue weighted by Gasteiger charge is -2.11. The Bertz CT molecular complexity index is 587. The van der Waals surface area contributed by atoms with Crippen molar-refractivity contribution >= 4 is 29.9 Å². The van der Waals surface area contributed by atoms with Crippen LogP contribution in [0.3, 0.4) is 0 Å². The number of benzene rings is 1. The van der Waals surface area contributed by atoms with Gasteiger partial charge in [-0.25, -0.2) is 0 Å². The Morgan fingerprint density at radius 2 is 2.29 bits per heavy atom. The SMILES string of the molecule is CC(N)CCNC(=O)c1cc(Cl)ccc1-n1cnnn1.Cl. The van der Waals surface area contributed by atoms with Crippen molar-refractivity contribution in [1.29, 1.82) is 0 Å². The van der Waals surface area contributed by atoms with E-state index in [2.05, 4.69) is 20.8 Å². The molecule has 2 aromatic rings. The van der Waals surface area contributed by atoms with Gasteiger partial charge < -0.3 is 11.1 Å². The summed E-state index contributed by atoms with van der Waals surface area (Å²) >= 11 is 5.95. The molecule has 0 aliphatic carbocycles. The van der Waals surface area contributed by atoms with Gasteiger partial charge in [0.2, 0.25) is 0 Å². The minimum atomic E-state index is -0.237. The van der Waals surface area contributed by atoms with E-state index in [9.17, 15) is 4.79 Å². The van der Waals surface area contributed by atoms with Crippen molar-refractivity contribution in [2.24, 2.45) is 5.73 Å². The number of nitrogens with one attached hydrogen (secondary N) is 1. The maximum Gasteiger partial charge on any atom is 0.253 e. The zero-order chi connectivity index (χ0) is 14.5. The number of nitrogens with two attached hydrogens (primary N) is 1. The van der Waals surface area contributed by atoms with Crippen LogP contribution in [-0.4, -0.2) is 38.7 Å². The van der Waals surface area contributed by atoms with Crippen LogP contribution in [0.4, 0.5) is 0 Å². The van der Waals surface area contributed by atoms with Crippen molar-refractivity contribution in [3.63, 3.8) is 0 Å². The molecule has 9 heteroatoms. The Morgan fingerprint density at radius 1 is 1.52 bits per heavy atom. The van der Waals surface area contributed by atoms with Gasteiger partial charge in [-0.2, -0.15) is 4.68 Å². The third-order valence-corrected chi connectivity index (χ3v) is 2.92. The molecule has 0 fully saturated rings. The summed E-state index contributed by atoms with van der Waals surface area (Å²) in [5.41, 5.74) is 6.62. The van der Waals surface area contributed by atoms with E-state index in [-0.39, 0.29) is 24.4 Å². The number of hydrogen-bond acceptors (Lipinski definition) is 5. The fourth-order valence-corrected chi connectivity index (χ4v) is 1.84. The Hall–Kier alpha value is -1.70. The molecular formula is C12H16Cl2N6O. The molecule has 1 aromatic carbocycles. The molecule has 3 N–H and O–H groups in total. The maximum absolute atomic E-state index is 12.2. The van der Waals surface area contributed by atoms with Gasteiger partial charge in [-0.3, -0.25) is 4.79 Å². The van der Waals surface area contributed by atoms with Crippen molar-refractivity contribution in [3.8, 4) is 5.69 Å². The first-order chi connectivity index (χ1) is 9.58. The van der Waals surface area contributed by atoms with Crippen molar-refractivity contribution < 1.29 is 4.79 Å². The van der Waals surface area contributed by atoms with Gasteiger partial charge in [-0.1, -0.05) is 11.6 Å². The van der Waals surface area contributed by atoms with Crippen LogP contribution < -0.4 is 11.1 Å². The van der Waals surface area contributed by atoms with Crippen molar-refractivity contribution in [3.05, 3.63) is 35.1 Å². The van der Waals surface area contributed by atoms with E-state index in [1.807, 2.05) is 6.92 Å². The van der Waals surface area contributed by atoms with Gasteiger partial charge in [0.05, 0.1) is 11.3 Å². The lowest BCUT2D eigenvalue weighted by Crippen LogP contribution is -2.29. The third kappa shape index (κ3) is 4.66. The van der Waals surface area contributed by atoms with Crippen molar-refractivity contribution in [1.82, 2.24) is 25.5 Å². The number of halogens is 2. The summed E-state index contributed by atoms with van der Waals surface area (Å²) in [4.78, 5) is 12.2. The molecule has 0 aliphatic rings. The van der Waals surface area contributed by atoms with E-state index in [1.165, 1.54) is 11.0 Å². The van der Waals surface area contributed by atoms with Gasteiger partial charge in [-0.15, -0.1) is 17.5 Å². The normalized spacial score (nSPS) is 11.6. The zero-order valence-corrected chi connectivity index (χ0v) is 12.9. The van der Waals surface area contributed by atoms with E-state index in [4.69, 9.17) is 17.3 Å². The topological polar surface area (TPSA) is 98.7 Å². The molecule has 0 saturated carbocycles. The second kappa shape index (κ2) is 7.92. The van der Waals surface area contributed by atoms with Crippen LogP contribution in [0, 0.1) is 0 Å². The fraction of sp³-hybridized carbons (Fsp3) is 0.333. The molecule has 2 rings (SSSR count).